The lowest BCUT2D eigenvalue weighted by atomic mass is 10.1. The van der Waals surface area contributed by atoms with E-state index in [-0.39, 0.29) is 12.4 Å². The summed E-state index contributed by atoms with van der Waals surface area (Å²) >= 11 is 0. The number of benzene rings is 1. The number of ether oxygens (including phenoxy) is 1. The summed E-state index contributed by atoms with van der Waals surface area (Å²) in [5.74, 6) is 0.509. The average molecular weight is 175 g/mol. The fourth-order valence-electron chi connectivity index (χ4n) is 1.24. The van der Waals surface area contributed by atoms with Gasteiger partial charge in [-0.3, -0.25) is 4.79 Å². The minimum Gasteiger partial charge on any atom is -0.487 e. The second kappa shape index (κ2) is 2.94. The molecular weight excluding hydrogens is 166 g/mol. The van der Waals surface area contributed by atoms with Crippen molar-refractivity contribution < 1.29 is 9.53 Å². The predicted octanol–water partition coefficient (Wildman–Crippen LogP) is 1.10. The highest BCUT2D eigenvalue weighted by Crippen LogP contribution is 2.21. The zero-order chi connectivity index (χ0) is 9.26. The summed E-state index contributed by atoms with van der Waals surface area (Å²) in [6.07, 6.45) is 1.41. The summed E-state index contributed by atoms with van der Waals surface area (Å²) in [7, 11) is 0. The molecule has 1 aliphatic heterocycles. The smallest absolute Gasteiger partial charge is 0.191 e. The van der Waals surface area contributed by atoms with Gasteiger partial charge in [0.1, 0.15) is 12.4 Å². The molecule has 1 aliphatic rings. The maximum atomic E-state index is 11.5. The summed E-state index contributed by atoms with van der Waals surface area (Å²) in [6.45, 7) is 0.281. The first-order valence-corrected chi connectivity index (χ1v) is 3.99. The number of hydrogen-bond donors (Lipinski definition) is 1. The number of fused-ring (bicyclic) bond motifs is 1. The summed E-state index contributed by atoms with van der Waals surface area (Å²) in [4.78, 5) is 11.5. The zero-order valence-corrected chi connectivity index (χ0v) is 6.99. The number of para-hydroxylation sites is 1. The SMILES string of the molecule is NC1=CC(=O)c2ccccc2OC1. The van der Waals surface area contributed by atoms with E-state index < -0.39 is 0 Å². The van der Waals surface area contributed by atoms with Crippen molar-refractivity contribution in [3.63, 3.8) is 0 Å². The van der Waals surface area contributed by atoms with Crippen LogP contribution in [0.2, 0.25) is 0 Å². The fraction of sp³-hybridized carbons (Fsp3) is 0.100. The second-order valence-corrected chi connectivity index (χ2v) is 2.87. The van der Waals surface area contributed by atoms with E-state index in [1.165, 1.54) is 6.08 Å². The zero-order valence-electron chi connectivity index (χ0n) is 6.99. The third kappa shape index (κ3) is 1.40. The topological polar surface area (TPSA) is 52.3 Å². The van der Waals surface area contributed by atoms with E-state index in [4.69, 9.17) is 10.5 Å². The number of carbonyl (C=O) groups excluding carboxylic acids is 1. The number of nitrogens with two attached hydrogens (primary N) is 1. The highest BCUT2D eigenvalue weighted by atomic mass is 16.5. The summed E-state index contributed by atoms with van der Waals surface area (Å²) in [6, 6.07) is 7.12. The second-order valence-electron chi connectivity index (χ2n) is 2.87. The molecule has 13 heavy (non-hydrogen) atoms. The van der Waals surface area contributed by atoms with Crippen LogP contribution in [0.15, 0.2) is 36.0 Å². The number of carbonyl (C=O) groups is 1. The van der Waals surface area contributed by atoms with Crippen molar-refractivity contribution in [2.75, 3.05) is 6.61 Å². The number of hydrogen-bond acceptors (Lipinski definition) is 3. The van der Waals surface area contributed by atoms with Crippen LogP contribution in [-0.4, -0.2) is 12.4 Å². The minimum atomic E-state index is -0.0920. The maximum absolute atomic E-state index is 11.5. The first kappa shape index (κ1) is 7.86. The van der Waals surface area contributed by atoms with Crippen LogP contribution in [0.1, 0.15) is 10.4 Å². The van der Waals surface area contributed by atoms with Crippen LogP contribution in [0.5, 0.6) is 5.75 Å². The van der Waals surface area contributed by atoms with Gasteiger partial charge in [-0.25, -0.2) is 0 Å². The summed E-state index contributed by atoms with van der Waals surface area (Å²) in [5.41, 5.74) is 6.55. The van der Waals surface area contributed by atoms with E-state index in [2.05, 4.69) is 0 Å². The van der Waals surface area contributed by atoms with E-state index in [1.54, 1.807) is 18.2 Å². The molecule has 0 fully saturated rings. The molecule has 0 atom stereocenters. The molecule has 3 nitrogen and oxygen atoms in total. The van der Waals surface area contributed by atoms with Gasteiger partial charge in [-0.1, -0.05) is 12.1 Å². The molecule has 0 amide bonds. The third-order valence-corrected chi connectivity index (χ3v) is 1.86. The van der Waals surface area contributed by atoms with Gasteiger partial charge in [-0.05, 0) is 12.1 Å². The molecular formula is C10H9NO2. The van der Waals surface area contributed by atoms with E-state index in [9.17, 15) is 4.79 Å². The molecule has 0 saturated carbocycles. The monoisotopic (exact) mass is 175 g/mol. The van der Waals surface area contributed by atoms with Gasteiger partial charge in [0.05, 0.1) is 11.3 Å². The Morgan fingerprint density at radius 2 is 2.08 bits per heavy atom. The Balaban J connectivity index is 2.51. The highest BCUT2D eigenvalue weighted by Gasteiger charge is 2.13. The Morgan fingerprint density at radius 3 is 2.92 bits per heavy atom. The molecule has 2 rings (SSSR count). The van der Waals surface area contributed by atoms with Crippen molar-refractivity contribution in [3.05, 3.63) is 41.6 Å². The Morgan fingerprint density at radius 1 is 1.31 bits per heavy atom. The van der Waals surface area contributed by atoms with Gasteiger partial charge in [0.25, 0.3) is 0 Å². The largest absolute Gasteiger partial charge is 0.487 e. The molecule has 0 bridgehead atoms. The Bertz CT molecular complexity index is 382. The number of ketones is 1. The van der Waals surface area contributed by atoms with Crippen molar-refractivity contribution in [2.24, 2.45) is 5.73 Å². The van der Waals surface area contributed by atoms with Crippen molar-refractivity contribution in [1.29, 1.82) is 0 Å². The van der Waals surface area contributed by atoms with Crippen LogP contribution in [0.3, 0.4) is 0 Å². The molecule has 0 unspecified atom stereocenters. The van der Waals surface area contributed by atoms with Crippen LogP contribution in [0.4, 0.5) is 0 Å². The first-order valence-electron chi connectivity index (χ1n) is 3.99. The minimum absolute atomic E-state index is 0.0920. The molecule has 1 heterocycles. The standard InChI is InChI=1S/C10H9NO2/c11-7-5-9(12)8-3-1-2-4-10(8)13-6-7/h1-5H,6,11H2. The summed E-state index contributed by atoms with van der Waals surface area (Å²) < 4.78 is 5.32. The molecule has 0 aliphatic carbocycles. The third-order valence-electron chi connectivity index (χ3n) is 1.86. The molecule has 1 aromatic rings. The lowest BCUT2D eigenvalue weighted by molar-refractivity contribution is 0.104. The Kier molecular flexibility index (Phi) is 1.77. The quantitative estimate of drug-likeness (QED) is 0.642. The van der Waals surface area contributed by atoms with Crippen LogP contribution in [0.25, 0.3) is 0 Å². The van der Waals surface area contributed by atoms with E-state index >= 15 is 0 Å². The van der Waals surface area contributed by atoms with Crippen molar-refractivity contribution >= 4 is 5.78 Å². The molecule has 0 saturated heterocycles. The van der Waals surface area contributed by atoms with E-state index in [0.29, 0.717) is 17.0 Å². The molecule has 2 N–H and O–H groups in total. The molecule has 0 spiro atoms. The van der Waals surface area contributed by atoms with Crippen LogP contribution in [-0.2, 0) is 0 Å². The lowest BCUT2D eigenvalue weighted by Crippen LogP contribution is -2.07. The molecule has 0 aromatic heterocycles. The van der Waals surface area contributed by atoms with Crippen LogP contribution in [0, 0.1) is 0 Å². The molecule has 3 heteroatoms. The highest BCUT2D eigenvalue weighted by molar-refractivity contribution is 6.07. The summed E-state index contributed by atoms with van der Waals surface area (Å²) in [5, 5.41) is 0. The van der Waals surface area contributed by atoms with E-state index in [0.717, 1.165) is 0 Å². The predicted molar refractivity (Wildman–Crippen MR) is 48.5 cm³/mol. The van der Waals surface area contributed by atoms with Gasteiger partial charge in [-0.2, -0.15) is 0 Å². The lowest BCUT2D eigenvalue weighted by Gasteiger charge is -2.04. The number of rotatable bonds is 0. The van der Waals surface area contributed by atoms with E-state index in [1.807, 2.05) is 6.07 Å². The fourth-order valence-corrected chi connectivity index (χ4v) is 1.24. The van der Waals surface area contributed by atoms with Crippen LogP contribution >= 0.6 is 0 Å². The van der Waals surface area contributed by atoms with Gasteiger partial charge in [-0.15, -0.1) is 0 Å². The normalized spacial score (nSPS) is 15.4. The van der Waals surface area contributed by atoms with Gasteiger partial charge in [0.2, 0.25) is 0 Å². The van der Waals surface area contributed by atoms with Crippen molar-refractivity contribution in [1.82, 2.24) is 0 Å². The molecule has 1 aromatic carbocycles. The number of allylic oxidation sites excluding steroid dienone is 1. The van der Waals surface area contributed by atoms with Crippen molar-refractivity contribution in [3.8, 4) is 5.75 Å². The first-order chi connectivity index (χ1) is 6.27. The van der Waals surface area contributed by atoms with Gasteiger partial charge < -0.3 is 10.5 Å². The van der Waals surface area contributed by atoms with Crippen molar-refractivity contribution in [2.45, 2.75) is 0 Å². The van der Waals surface area contributed by atoms with Crippen LogP contribution < -0.4 is 10.5 Å². The maximum Gasteiger partial charge on any atom is 0.191 e. The average Bonchev–Trinajstić information content (AvgIpc) is 2.27. The molecule has 66 valence electrons. The Labute approximate surface area is 75.8 Å². The van der Waals surface area contributed by atoms with Gasteiger partial charge in [0, 0.05) is 6.08 Å². The molecule has 0 radical (unpaired) electrons. The van der Waals surface area contributed by atoms with Gasteiger partial charge >= 0.3 is 0 Å². The van der Waals surface area contributed by atoms with Gasteiger partial charge in [0.15, 0.2) is 5.78 Å². The Hall–Kier alpha value is -1.77.